The Bertz CT molecular complexity index is 550. The molecule has 0 atom stereocenters. The van der Waals surface area contributed by atoms with Gasteiger partial charge in [0.2, 0.25) is 0 Å². The van der Waals surface area contributed by atoms with Gasteiger partial charge in [-0.05, 0) is 37.6 Å². The molecule has 0 saturated heterocycles. The van der Waals surface area contributed by atoms with Gasteiger partial charge in [-0.2, -0.15) is 0 Å². The largest absolute Gasteiger partial charge is 0.490 e. The molecule has 0 fully saturated rings. The van der Waals surface area contributed by atoms with Crippen LogP contribution in [0.2, 0.25) is 0 Å². The van der Waals surface area contributed by atoms with Gasteiger partial charge in [0.15, 0.2) is 11.5 Å². The van der Waals surface area contributed by atoms with Gasteiger partial charge in [0, 0.05) is 18.2 Å². The maximum Gasteiger partial charge on any atom is 0.161 e. The molecule has 0 spiro atoms. The Balaban J connectivity index is 2.00. The fourth-order valence-corrected chi connectivity index (χ4v) is 2.04. The van der Waals surface area contributed by atoms with Crippen molar-refractivity contribution in [2.45, 2.75) is 20.3 Å². The highest BCUT2D eigenvalue weighted by molar-refractivity contribution is 5.44. The molecule has 0 amide bonds. The first-order valence-corrected chi connectivity index (χ1v) is 6.77. The van der Waals surface area contributed by atoms with Crippen LogP contribution in [-0.2, 0) is 6.42 Å². The summed E-state index contributed by atoms with van der Waals surface area (Å²) >= 11 is 0. The minimum Gasteiger partial charge on any atom is -0.490 e. The van der Waals surface area contributed by atoms with E-state index in [4.69, 9.17) is 15.2 Å². The van der Waals surface area contributed by atoms with Crippen molar-refractivity contribution in [1.29, 1.82) is 0 Å². The van der Waals surface area contributed by atoms with E-state index in [-0.39, 0.29) is 0 Å². The molecule has 1 aromatic heterocycles. The second kappa shape index (κ2) is 6.80. The molecule has 0 unspecified atom stereocenters. The van der Waals surface area contributed by atoms with Crippen molar-refractivity contribution < 1.29 is 9.47 Å². The Morgan fingerprint density at radius 1 is 1.10 bits per heavy atom. The number of rotatable bonds is 6. The Labute approximate surface area is 119 Å². The third kappa shape index (κ3) is 3.41. The van der Waals surface area contributed by atoms with Crippen molar-refractivity contribution in [2.75, 3.05) is 18.9 Å². The van der Waals surface area contributed by atoms with E-state index in [9.17, 15) is 0 Å². The predicted octanol–water partition coefficient (Wildman–Crippen LogP) is 2.99. The van der Waals surface area contributed by atoms with Crippen LogP contribution in [0.4, 0.5) is 5.82 Å². The van der Waals surface area contributed by atoms with Gasteiger partial charge in [0.05, 0.1) is 13.2 Å². The summed E-state index contributed by atoms with van der Waals surface area (Å²) in [4.78, 5) is 4.11. The molecular formula is C16H20N2O2. The molecule has 0 radical (unpaired) electrons. The molecule has 2 N–H and O–H groups in total. The summed E-state index contributed by atoms with van der Waals surface area (Å²) in [6, 6.07) is 9.63. The highest BCUT2D eigenvalue weighted by atomic mass is 16.5. The molecule has 20 heavy (non-hydrogen) atoms. The second-order valence-electron chi connectivity index (χ2n) is 4.47. The molecule has 0 aliphatic heterocycles. The molecule has 2 rings (SSSR count). The highest BCUT2D eigenvalue weighted by Gasteiger charge is 2.06. The zero-order valence-corrected chi connectivity index (χ0v) is 11.9. The molecule has 106 valence electrons. The van der Waals surface area contributed by atoms with Crippen LogP contribution < -0.4 is 15.2 Å². The molecule has 0 saturated carbocycles. The van der Waals surface area contributed by atoms with Crippen molar-refractivity contribution in [1.82, 2.24) is 4.98 Å². The molecule has 4 nitrogen and oxygen atoms in total. The number of nitrogens with zero attached hydrogens (tertiary/aromatic N) is 1. The standard InChI is InChI=1S/C16H20N2O2/c1-3-19-14-6-4-5-7-15(14)20-11-9-13-12(2)8-10-18-16(13)17/h4-8,10H,3,9,11H2,1-2H3,(H2,17,18). The Morgan fingerprint density at radius 2 is 1.80 bits per heavy atom. The number of para-hydroxylation sites is 2. The van der Waals surface area contributed by atoms with Gasteiger partial charge in [-0.1, -0.05) is 12.1 Å². The number of aryl methyl sites for hydroxylation is 1. The molecule has 1 aromatic carbocycles. The van der Waals surface area contributed by atoms with E-state index in [2.05, 4.69) is 4.98 Å². The van der Waals surface area contributed by atoms with E-state index in [1.165, 1.54) is 0 Å². The number of hydrogen-bond acceptors (Lipinski definition) is 4. The topological polar surface area (TPSA) is 57.4 Å². The van der Waals surface area contributed by atoms with Gasteiger partial charge >= 0.3 is 0 Å². The summed E-state index contributed by atoms with van der Waals surface area (Å²) in [5, 5.41) is 0. The van der Waals surface area contributed by atoms with Gasteiger partial charge in [0.1, 0.15) is 5.82 Å². The lowest BCUT2D eigenvalue weighted by Gasteiger charge is -2.13. The highest BCUT2D eigenvalue weighted by Crippen LogP contribution is 2.26. The van der Waals surface area contributed by atoms with Gasteiger partial charge in [-0.25, -0.2) is 4.98 Å². The van der Waals surface area contributed by atoms with Gasteiger partial charge in [0.25, 0.3) is 0 Å². The number of benzene rings is 1. The van der Waals surface area contributed by atoms with Crippen LogP contribution >= 0.6 is 0 Å². The van der Waals surface area contributed by atoms with E-state index < -0.39 is 0 Å². The maximum atomic E-state index is 5.89. The van der Waals surface area contributed by atoms with Crippen molar-refractivity contribution in [2.24, 2.45) is 0 Å². The lowest BCUT2D eigenvalue weighted by Crippen LogP contribution is -2.07. The van der Waals surface area contributed by atoms with Crippen LogP contribution in [-0.4, -0.2) is 18.2 Å². The van der Waals surface area contributed by atoms with Gasteiger partial charge < -0.3 is 15.2 Å². The van der Waals surface area contributed by atoms with Crippen molar-refractivity contribution in [3.63, 3.8) is 0 Å². The first-order valence-electron chi connectivity index (χ1n) is 6.77. The quantitative estimate of drug-likeness (QED) is 0.878. The Hall–Kier alpha value is -2.23. The van der Waals surface area contributed by atoms with Crippen LogP contribution in [0.3, 0.4) is 0 Å². The molecular weight excluding hydrogens is 252 g/mol. The number of aromatic nitrogens is 1. The minimum atomic E-state index is 0.542. The predicted molar refractivity (Wildman–Crippen MR) is 80.2 cm³/mol. The summed E-state index contributed by atoms with van der Waals surface area (Å²) < 4.78 is 11.3. The number of nitrogens with two attached hydrogens (primary N) is 1. The van der Waals surface area contributed by atoms with Crippen molar-refractivity contribution in [3.05, 3.63) is 47.7 Å². The second-order valence-corrected chi connectivity index (χ2v) is 4.47. The van der Waals surface area contributed by atoms with Crippen LogP contribution in [0.25, 0.3) is 0 Å². The monoisotopic (exact) mass is 272 g/mol. The molecule has 0 aliphatic rings. The zero-order chi connectivity index (χ0) is 14.4. The molecule has 2 aromatic rings. The fraction of sp³-hybridized carbons (Fsp3) is 0.312. The third-order valence-electron chi connectivity index (χ3n) is 3.08. The number of pyridine rings is 1. The summed E-state index contributed by atoms with van der Waals surface area (Å²) in [5.74, 6) is 2.10. The summed E-state index contributed by atoms with van der Waals surface area (Å²) in [6.45, 7) is 5.15. The molecule has 4 heteroatoms. The van der Waals surface area contributed by atoms with Crippen molar-refractivity contribution in [3.8, 4) is 11.5 Å². The van der Waals surface area contributed by atoms with Gasteiger partial charge in [-0.15, -0.1) is 0 Å². The van der Waals surface area contributed by atoms with E-state index in [1.54, 1.807) is 6.20 Å². The van der Waals surface area contributed by atoms with Crippen LogP contribution in [0.5, 0.6) is 11.5 Å². The molecule has 0 bridgehead atoms. The van der Waals surface area contributed by atoms with E-state index >= 15 is 0 Å². The zero-order valence-electron chi connectivity index (χ0n) is 11.9. The number of hydrogen-bond donors (Lipinski definition) is 1. The van der Waals surface area contributed by atoms with Crippen molar-refractivity contribution >= 4 is 5.82 Å². The molecule has 0 aliphatic carbocycles. The van der Waals surface area contributed by atoms with E-state index in [1.807, 2.05) is 44.2 Å². The average molecular weight is 272 g/mol. The van der Waals surface area contributed by atoms with E-state index in [0.29, 0.717) is 19.0 Å². The lowest BCUT2D eigenvalue weighted by molar-refractivity contribution is 0.279. The molecule has 1 heterocycles. The lowest BCUT2D eigenvalue weighted by atomic mass is 10.1. The maximum absolute atomic E-state index is 5.89. The summed E-state index contributed by atoms with van der Waals surface area (Å²) in [5.41, 5.74) is 8.07. The Morgan fingerprint density at radius 3 is 2.45 bits per heavy atom. The SMILES string of the molecule is CCOc1ccccc1OCCc1c(C)ccnc1N. The third-order valence-corrected chi connectivity index (χ3v) is 3.08. The number of nitrogen functional groups attached to an aromatic ring is 1. The smallest absolute Gasteiger partial charge is 0.161 e. The normalized spacial score (nSPS) is 10.3. The summed E-state index contributed by atoms with van der Waals surface area (Å²) in [6.07, 6.45) is 2.45. The van der Waals surface area contributed by atoms with Crippen LogP contribution in [0.15, 0.2) is 36.5 Å². The number of ether oxygens (including phenoxy) is 2. The summed E-state index contributed by atoms with van der Waals surface area (Å²) in [7, 11) is 0. The first-order chi connectivity index (χ1) is 9.72. The van der Waals surface area contributed by atoms with Crippen LogP contribution in [0.1, 0.15) is 18.1 Å². The van der Waals surface area contributed by atoms with Gasteiger partial charge in [-0.3, -0.25) is 0 Å². The average Bonchev–Trinajstić information content (AvgIpc) is 2.44. The fourth-order valence-electron chi connectivity index (χ4n) is 2.04. The number of anilines is 1. The van der Waals surface area contributed by atoms with Crippen LogP contribution in [0, 0.1) is 6.92 Å². The van der Waals surface area contributed by atoms with E-state index in [0.717, 1.165) is 29.0 Å². The Kier molecular flexibility index (Phi) is 4.82. The first kappa shape index (κ1) is 14.2. The minimum absolute atomic E-state index is 0.542.